The van der Waals surface area contributed by atoms with E-state index in [1.54, 1.807) is 13.1 Å². The third-order valence-electron chi connectivity index (χ3n) is 4.51. The van der Waals surface area contributed by atoms with Gasteiger partial charge in [-0.15, -0.1) is 0 Å². The first-order chi connectivity index (χ1) is 12.9. The maximum absolute atomic E-state index is 12.3. The van der Waals surface area contributed by atoms with Crippen LogP contribution in [0.5, 0.6) is 5.75 Å². The second-order valence-electron chi connectivity index (χ2n) is 6.82. The number of nitrogens with zero attached hydrogens (tertiary/aromatic N) is 1. The number of fused-ring (bicyclic) bond motifs is 1. The van der Waals surface area contributed by atoms with Gasteiger partial charge in [0.15, 0.2) is 6.10 Å². The molecule has 0 saturated carbocycles. The Labute approximate surface area is 159 Å². The number of carbonyl (C=O) groups is 1. The van der Waals surface area contributed by atoms with Gasteiger partial charge in [-0.1, -0.05) is 48.0 Å². The number of nitrogens with one attached hydrogen (secondary N) is 1. The van der Waals surface area contributed by atoms with E-state index in [9.17, 15) is 4.79 Å². The lowest BCUT2D eigenvalue weighted by Gasteiger charge is -2.13. The molecule has 0 saturated heterocycles. The molecule has 27 heavy (non-hydrogen) atoms. The number of hydrogen-bond donors (Lipinski definition) is 1. The highest BCUT2D eigenvalue weighted by atomic mass is 16.5. The van der Waals surface area contributed by atoms with Crippen LogP contribution in [0, 0.1) is 20.8 Å². The van der Waals surface area contributed by atoms with Crippen molar-refractivity contribution in [3.63, 3.8) is 0 Å². The van der Waals surface area contributed by atoms with Crippen LogP contribution >= 0.6 is 0 Å². The number of hydrogen-bond acceptors (Lipinski definition) is 3. The summed E-state index contributed by atoms with van der Waals surface area (Å²) in [6.45, 7) is 7.85. The lowest BCUT2D eigenvalue weighted by Crippen LogP contribution is -2.33. The van der Waals surface area contributed by atoms with Crippen molar-refractivity contribution < 1.29 is 9.53 Å². The summed E-state index contributed by atoms with van der Waals surface area (Å²) >= 11 is 0. The summed E-state index contributed by atoms with van der Waals surface area (Å²) in [7, 11) is 0. The summed E-state index contributed by atoms with van der Waals surface area (Å²) in [5.74, 6) is 0.368. The van der Waals surface area contributed by atoms with E-state index in [1.807, 2.05) is 56.3 Å². The molecule has 3 rings (SSSR count). The van der Waals surface area contributed by atoms with Crippen LogP contribution < -0.4 is 10.2 Å². The second kappa shape index (κ2) is 8.04. The molecular formula is C23H24N2O2. The average Bonchev–Trinajstić information content (AvgIpc) is 2.63. The zero-order chi connectivity index (χ0) is 19.4. The van der Waals surface area contributed by atoms with E-state index in [1.165, 1.54) is 5.56 Å². The maximum atomic E-state index is 12.3. The number of amides is 1. The number of aryl methyl sites for hydroxylation is 3. The molecule has 1 atom stereocenters. The minimum Gasteiger partial charge on any atom is -0.481 e. The van der Waals surface area contributed by atoms with Crippen LogP contribution in [-0.2, 0) is 4.79 Å². The molecule has 0 bridgehead atoms. The van der Waals surface area contributed by atoms with Crippen molar-refractivity contribution in [2.75, 3.05) is 0 Å². The minimum absolute atomic E-state index is 0.290. The smallest absolute Gasteiger partial charge is 0.280 e. The summed E-state index contributed by atoms with van der Waals surface area (Å²) < 4.78 is 5.76. The summed E-state index contributed by atoms with van der Waals surface area (Å²) in [6.07, 6.45) is 1.04. The lowest BCUT2D eigenvalue weighted by atomic mass is 10.0. The minimum atomic E-state index is -0.650. The van der Waals surface area contributed by atoms with Gasteiger partial charge in [0.25, 0.3) is 5.91 Å². The van der Waals surface area contributed by atoms with Gasteiger partial charge in [0, 0.05) is 5.56 Å². The van der Waals surface area contributed by atoms with Gasteiger partial charge in [-0.2, -0.15) is 5.10 Å². The van der Waals surface area contributed by atoms with Crippen molar-refractivity contribution in [1.82, 2.24) is 5.43 Å². The average molecular weight is 360 g/mol. The van der Waals surface area contributed by atoms with Crippen LogP contribution in [0.25, 0.3) is 10.8 Å². The molecule has 0 fully saturated rings. The molecule has 0 aliphatic rings. The fraction of sp³-hybridized carbons (Fsp3) is 0.217. The summed E-state index contributed by atoms with van der Waals surface area (Å²) in [6, 6.07) is 18.0. The van der Waals surface area contributed by atoms with Gasteiger partial charge in [0.1, 0.15) is 5.75 Å². The molecule has 3 aromatic carbocycles. The second-order valence-corrected chi connectivity index (χ2v) is 6.82. The Morgan fingerprint density at radius 2 is 1.67 bits per heavy atom. The normalized spacial score (nSPS) is 12.3. The molecule has 0 heterocycles. The molecule has 4 heteroatoms. The van der Waals surface area contributed by atoms with Gasteiger partial charge in [-0.05, 0) is 61.7 Å². The van der Waals surface area contributed by atoms with Crippen LogP contribution in [0.1, 0.15) is 29.2 Å². The van der Waals surface area contributed by atoms with Crippen molar-refractivity contribution in [3.05, 3.63) is 76.9 Å². The Balaban J connectivity index is 1.63. The van der Waals surface area contributed by atoms with Crippen LogP contribution in [0.15, 0.2) is 59.7 Å². The lowest BCUT2D eigenvalue weighted by molar-refractivity contribution is -0.127. The number of ether oxygens (including phenoxy) is 1. The highest BCUT2D eigenvalue weighted by molar-refractivity contribution is 5.87. The molecule has 4 nitrogen and oxygen atoms in total. The molecule has 0 spiro atoms. The highest BCUT2D eigenvalue weighted by Crippen LogP contribution is 2.21. The highest BCUT2D eigenvalue weighted by Gasteiger charge is 2.14. The Morgan fingerprint density at radius 3 is 2.37 bits per heavy atom. The first-order valence-corrected chi connectivity index (χ1v) is 9.00. The summed E-state index contributed by atoms with van der Waals surface area (Å²) in [5.41, 5.74) is 7.05. The molecule has 0 radical (unpaired) electrons. The molecule has 0 aliphatic carbocycles. The molecule has 0 aromatic heterocycles. The maximum Gasteiger partial charge on any atom is 0.280 e. The molecule has 1 N–H and O–H groups in total. The molecule has 0 aliphatic heterocycles. The number of hydrazone groups is 1. The predicted molar refractivity (Wildman–Crippen MR) is 110 cm³/mol. The fourth-order valence-corrected chi connectivity index (χ4v) is 3.14. The SMILES string of the molecule is Cc1cc(C)c(/C=N/NC(=O)C(C)Oc2ccc3ccccc3c2)c(C)c1. The summed E-state index contributed by atoms with van der Waals surface area (Å²) in [5, 5.41) is 6.31. The van der Waals surface area contributed by atoms with Crippen LogP contribution in [-0.4, -0.2) is 18.2 Å². The van der Waals surface area contributed by atoms with Crippen molar-refractivity contribution >= 4 is 22.9 Å². The van der Waals surface area contributed by atoms with Crippen LogP contribution in [0.4, 0.5) is 0 Å². The number of carbonyl (C=O) groups excluding carboxylic acids is 1. The Hall–Kier alpha value is -3.14. The van der Waals surface area contributed by atoms with E-state index in [0.717, 1.165) is 27.5 Å². The Kier molecular flexibility index (Phi) is 5.55. The topological polar surface area (TPSA) is 50.7 Å². The molecule has 1 amide bonds. The van der Waals surface area contributed by atoms with E-state index < -0.39 is 6.10 Å². The van der Waals surface area contributed by atoms with Gasteiger partial charge in [0.2, 0.25) is 0 Å². The summed E-state index contributed by atoms with van der Waals surface area (Å²) in [4.78, 5) is 12.3. The molecule has 1 unspecified atom stereocenters. The quantitative estimate of drug-likeness (QED) is 0.530. The number of benzene rings is 3. The first-order valence-electron chi connectivity index (χ1n) is 9.00. The van der Waals surface area contributed by atoms with E-state index >= 15 is 0 Å². The van der Waals surface area contributed by atoms with Crippen LogP contribution in [0.2, 0.25) is 0 Å². The van der Waals surface area contributed by atoms with Crippen molar-refractivity contribution in [3.8, 4) is 5.75 Å². The van der Waals surface area contributed by atoms with Gasteiger partial charge in [-0.25, -0.2) is 5.43 Å². The predicted octanol–water partition coefficient (Wildman–Crippen LogP) is 4.68. The monoisotopic (exact) mass is 360 g/mol. The molecule has 138 valence electrons. The zero-order valence-electron chi connectivity index (χ0n) is 16.1. The van der Waals surface area contributed by atoms with Gasteiger partial charge >= 0.3 is 0 Å². The van der Waals surface area contributed by atoms with Crippen LogP contribution in [0.3, 0.4) is 0 Å². The third-order valence-corrected chi connectivity index (χ3v) is 4.51. The fourth-order valence-electron chi connectivity index (χ4n) is 3.14. The zero-order valence-corrected chi connectivity index (χ0v) is 16.1. The number of rotatable bonds is 5. The van der Waals surface area contributed by atoms with E-state index in [2.05, 4.69) is 29.6 Å². The van der Waals surface area contributed by atoms with Gasteiger partial charge in [0.05, 0.1) is 6.21 Å². The van der Waals surface area contributed by atoms with E-state index in [-0.39, 0.29) is 5.91 Å². The first kappa shape index (κ1) is 18.6. The molecule has 3 aromatic rings. The van der Waals surface area contributed by atoms with Crippen molar-refractivity contribution in [2.45, 2.75) is 33.8 Å². The molecular weight excluding hydrogens is 336 g/mol. The Morgan fingerprint density at radius 1 is 1.00 bits per heavy atom. The Bertz CT molecular complexity index is 985. The van der Waals surface area contributed by atoms with Gasteiger partial charge < -0.3 is 4.74 Å². The van der Waals surface area contributed by atoms with Crippen molar-refractivity contribution in [1.29, 1.82) is 0 Å². The third kappa shape index (κ3) is 4.53. The van der Waals surface area contributed by atoms with E-state index in [0.29, 0.717) is 5.75 Å². The largest absolute Gasteiger partial charge is 0.481 e. The standard InChI is InChI=1S/C23H24N2O2/c1-15-11-16(2)22(17(3)12-15)14-24-25-23(26)18(4)27-21-10-9-19-7-5-6-8-20(19)13-21/h5-14,18H,1-4H3,(H,25,26)/b24-14+. The van der Waals surface area contributed by atoms with Gasteiger partial charge in [-0.3, -0.25) is 4.79 Å². The van der Waals surface area contributed by atoms with E-state index in [4.69, 9.17) is 4.74 Å². The van der Waals surface area contributed by atoms with Crippen molar-refractivity contribution in [2.24, 2.45) is 5.10 Å².